The number of hydrogen-bond acceptors (Lipinski definition) is 28. The van der Waals surface area contributed by atoms with Gasteiger partial charge in [0, 0.05) is 50.3 Å². The Hall–Kier alpha value is -5.16. The van der Waals surface area contributed by atoms with Crippen LogP contribution in [0.15, 0.2) is 30.4 Å². The number of ketones is 1. The quantitative estimate of drug-likeness (QED) is 0.0276. The minimum absolute atomic E-state index is 0.00132. The number of esters is 1. The molecule has 0 spiro atoms. The minimum Gasteiger partial charge on any atom is -0.460 e. The monoisotopic (exact) mass is 1500 g/mol. The first kappa shape index (κ1) is 92.0. The molecule has 2 aliphatic rings. The van der Waals surface area contributed by atoms with Gasteiger partial charge in [0.05, 0.1) is 235 Å². The molecule has 2 heterocycles. The van der Waals surface area contributed by atoms with E-state index in [1.165, 1.54) is 6.92 Å². The smallest absolute Gasteiger partial charge is 0.311 e. The average molecular weight is 1500 g/mol. The van der Waals surface area contributed by atoms with Gasteiger partial charge in [-0.3, -0.25) is 43.0 Å². The lowest BCUT2D eigenvalue weighted by atomic mass is 9.89. The van der Waals surface area contributed by atoms with Crippen molar-refractivity contribution in [3.63, 3.8) is 0 Å². The summed E-state index contributed by atoms with van der Waals surface area (Å²) in [6.45, 7) is 22.9. The van der Waals surface area contributed by atoms with Gasteiger partial charge in [-0.25, -0.2) is 0 Å². The molecule has 33 nitrogen and oxygen atoms in total. The Labute approximate surface area is 606 Å². The van der Waals surface area contributed by atoms with Crippen LogP contribution in [0.2, 0.25) is 0 Å². The summed E-state index contributed by atoms with van der Waals surface area (Å²) in [5.41, 5.74) is 1.21. The summed E-state index contributed by atoms with van der Waals surface area (Å²) in [5.74, 6) is -6.26. The van der Waals surface area contributed by atoms with E-state index in [9.17, 15) is 42.0 Å². The van der Waals surface area contributed by atoms with Gasteiger partial charge in [0.25, 0.3) is 21.9 Å². The number of methoxy groups -OCH3 is 1. The number of carbonyl (C=O) groups is 7. The molecule has 1 saturated heterocycles. The predicted molar refractivity (Wildman–Crippen MR) is 370 cm³/mol. The normalized spacial score (nSPS) is 15.5. The van der Waals surface area contributed by atoms with Crippen molar-refractivity contribution in [2.75, 3.05) is 250 Å². The van der Waals surface area contributed by atoms with Gasteiger partial charge >= 0.3 is 5.97 Å². The number of Topliss-reactive ketones (excluding diaryl/α,β-unsaturated/α-hetero) is 1. The highest BCUT2D eigenvalue weighted by Crippen LogP contribution is 2.28. The second-order valence-corrected chi connectivity index (χ2v) is 26.4. The van der Waals surface area contributed by atoms with E-state index >= 15 is 0 Å². The Kier molecular flexibility index (Phi) is 51.0. The lowest BCUT2D eigenvalue weighted by Gasteiger charge is -2.26. The first-order valence-corrected chi connectivity index (χ1v) is 36.8. The van der Waals surface area contributed by atoms with Crippen LogP contribution in [-0.4, -0.2) is 326 Å². The molecule has 1 fully saturated rings. The summed E-state index contributed by atoms with van der Waals surface area (Å²) in [6.07, 6.45) is 2.69. The topological polar surface area (TPSA) is 380 Å². The van der Waals surface area contributed by atoms with E-state index in [0.29, 0.717) is 223 Å². The molecule has 1 aromatic carbocycles. The molecule has 1 aromatic rings. The van der Waals surface area contributed by atoms with Gasteiger partial charge in [-0.05, 0) is 69.7 Å². The highest BCUT2D eigenvalue weighted by Gasteiger charge is 2.47. The van der Waals surface area contributed by atoms with E-state index in [4.69, 9.17) is 94.6 Å². The molecule has 0 saturated carbocycles. The molecule has 4 atom stereocenters. The van der Waals surface area contributed by atoms with Crippen molar-refractivity contribution in [1.82, 2.24) is 15.1 Å². The molecule has 0 radical (unpaired) electrons. The number of anilines is 1. The number of amides is 5. The van der Waals surface area contributed by atoms with Crippen LogP contribution in [-0.2, 0) is 147 Å². The molecular weight excluding hydrogens is 1380 g/mol. The Morgan fingerprint density at radius 3 is 1.35 bits per heavy atom. The first-order valence-electron chi connectivity index (χ1n) is 35.2. The lowest BCUT2D eigenvalue weighted by molar-refractivity contribution is -0.154. The zero-order valence-corrected chi connectivity index (χ0v) is 62.3. The number of hydrogen-bond donors (Lipinski definition) is 3. The van der Waals surface area contributed by atoms with E-state index in [1.54, 1.807) is 59.9 Å². The Bertz CT molecular complexity index is 2630. The summed E-state index contributed by atoms with van der Waals surface area (Å²) < 4.78 is 136. The van der Waals surface area contributed by atoms with Gasteiger partial charge in [0.1, 0.15) is 25.5 Å². The van der Waals surface area contributed by atoms with E-state index in [2.05, 4.69) is 10.6 Å². The molecule has 103 heavy (non-hydrogen) atoms. The number of nitrogens with one attached hydrogen (secondary N) is 2. The molecule has 2 aliphatic heterocycles. The zero-order chi connectivity index (χ0) is 75.2. The highest BCUT2D eigenvalue weighted by molar-refractivity contribution is 7.85. The molecule has 34 heteroatoms. The standard InChI is InChI=1S/C69H116N4O29S/c1-54(2)61(49-60(74)50-72-59(52-99-45-46-103(81,82)83)48-62(67(72)79)73-63(75)12-13-64(73)76)66(78)70-55(3)65(77)71-58-11-10-57(51-102-68(80)69(4,5)6)56(47-58)9-8-14-85-17-18-87-21-22-89-25-26-91-27-28-92-29-30-93-31-32-94-34-36-96-38-40-98-42-44-101-53-100-43-41-97-39-37-95-35-33-90-24-23-88-20-19-86-16-15-84-7/h10-13,47,54-55,59,61-62H,8-9,14-46,48-53H2,1-7H3,(H,70,78)(H,71,77)(H,81,82,83)/t55-,59-,61-,62-/m0/s1. The Balaban J connectivity index is 1.16. The fraction of sp³-hybridized carbons (Fsp3) is 0.783. The van der Waals surface area contributed by atoms with Crippen LogP contribution < -0.4 is 10.6 Å². The first-order chi connectivity index (χ1) is 49.6. The van der Waals surface area contributed by atoms with E-state index in [1.807, 2.05) is 0 Å². The van der Waals surface area contributed by atoms with Crippen molar-refractivity contribution in [2.45, 2.75) is 92.0 Å². The van der Waals surface area contributed by atoms with Crippen molar-refractivity contribution in [3.8, 4) is 0 Å². The maximum absolute atomic E-state index is 13.8. The molecule has 3 N–H and O–H groups in total. The predicted octanol–water partition coefficient (Wildman–Crippen LogP) is 2.05. The van der Waals surface area contributed by atoms with Crippen LogP contribution in [0.3, 0.4) is 0 Å². The third kappa shape index (κ3) is 44.5. The lowest BCUT2D eigenvalue weighted by Crippen LogP contribution is -2.48. The van der Waals surface area contributed by atoms with Crippen molar-refractivity contribution >= 4 is 57.1 Å². The Morgan fingerprint density at radius 2 is 0.951 bits per heavy atom. The number of carbonyl (C=O) groups excluding carboxylic acids is 7. The van der Waals surface area contributed by atoms with Gasteiger partial charge in [-0.1, -0.05) is 19.9 Å². The summed E-state index contributed by atoms with van der Waals surface area (Å²) in [6, 6.07) is 2.01. The molecular formula is C69H116N4O29S. The van der Waals surface area contributed by atoms with Gasteiger partial charge in [-0.2, -0.15) is 8.42 Å². The van der Waals surface area contributed by atoms with E-state index in [0.717, 1.165) is 33.1 Å². The fourth-order valence-electron chi connectivity index (χ4n) is 9.51. The van der Waals surface area contributed by atoms with Crippen molar-refractivity contribution < 1.29 is 137 Å². The number of nitrogens with zero attached hydrogens (tertiary/aromatic N) is 2. The van der Waals surface area contributed by atoms with Crippen LogP contribution in [0.25, 0.3) is 0 Å². The summed E-state index contributed by atoms with van der Waals surface area (Å²) in [5, 5.41) is 5.54. The molecule has 5 amide bonds. The number of aryl methyl sites for hydroxylation is 1. The highest BCUT2D eigenvalue weighted by atomic mass is 32.2. The molecule has 3 rings (SSSR count). The number of ether oxygens (including phenoxy) is 19. The Morgan fingerprint density at radius 1 is 0.544 bits per heavy atom. The third-order valence-electron chi connectivity index (χ3n) is 15.1. The second-order valence-electron chi connectivity index (χ2n) is 24.8. The number of imide groups is 1. The van der Waals surface area contributed by atoms with Crippen LogP contribution in [0.4, 0.5) is 5.69 Å². The van der Waals surface area contributed by atoms with Gasteiger partial charge in [0.2, 0.25) is 17.7 Å². The van der Waals surface area contributed by atoms with Gasteiger partial charge < -0.3 is 106 Å². The fourth-order valence-corrected chi connectivity index (χ4v) is 9.84. The maximum atomic E-state index is 13.8. The van der Waals surface area contributed by atoms with E-state index < -0.39 is 99.7 Å². The van der Waals surface area contributed by atoms with Crippen molar-refractivity contribution in [2.24, 2.45) is 17.3 Å². The SMILES string of the molecule is COCCOCCOCCOCCOCCOCCOCOCCOCCOCCOCCOCCOCCOCCOCCOCCOCCCc1cc(NC(=O)[C@H](C)NC(=O)[C@@H](CC(=O)CN2C(=O)[C@@H](N3C(=O)C=CC3=O)C[C@H]2COCCS(=O)(=O)O)C(C)C)ccc1COC(=O)C(C)(C)C. The zero-order valence-electron chi connectivity index (χ0n) is 61.4. The number of likely N-dealkylation sites (tertiary alicyclic amines) is 1. The summed E-state index contributed by atoms with van der Waals surface area (Å²) in [7, 11) is -2.72. The maximum Gasteiger partial charge on any atom is 0.311 e. The molecule has 0 aliphatic carbocycles. The van der Waals surface area contributed by atoms with Crippen LogP contribution in [0, 0.1) is 17.3 Å². The summed E-state index contributed by atoms with van der Waals surface area (Å²) in [4.78, 5) is 94.3. The van der Waals surface area contributed by atoms with Crippen LogP contribution >= 0.6 is 0 Å². The van der Waals surface area contributed by atoms with Crippen LogP contribution in [0.1, 0.15) is 71.9 Å². The number of rotatable bonds is 68. The third-order valence-corrected chi connectivity index (χ3v) is 15.8. The largest absolute Gasteiger partial charge is 0.460 e. The molecule has 592 valence electrons. The minimum atomic E-state index is -4.36. The number of benzene rings is 1. The van der Waals surface area contributed by atoms with Crippen LogP contribution in [0.5, 0.6) is 0 Å². The molecule has 0 bridgehead atoms. The summed E-state index contributed by atoms with van der Waals surface area (Å²) >= 11 is 0. The van der Waals surface area contributed by atoms with Crippen molar-refractivity contribution in [3.05, 3.63) is 41.5 Å². The van der Waals surface area contributed by atoms with Gasteiger partial charge in [0.15, 0.2) is 5.78 Å². The van der Waals surface area contributed by atoms with Crippen molar-refractivity contribution in [1.29, 1.82) is 0 Å². The average Bonchev–Trinajstić information content (AvgIpc) is 1.64. The molecule has 0 aromatic heterocycles. The van der Waals surface area contributed by atoms with Gasteiger partial charge in [-0.15, -0.1) is 0 Å². The second kappa shape index (κ2) is 57.1. The van der Waals surface area contributed by atoms with E-state index in [-0.39, 0.29) is 38.8 Å². The molecule has 0 unspecified atom stereocenters.